The van der Waals surface area contributed by atoms with Gasteiger partial charge in [0, 0.05) is 39.1 Å². The lowest BCUT2D eigenvalue weighted by atomic mass is 9.94. The summed E-state index contributed by atoms with van der Waals surface area (Å²) in [5, 5.41) is 0. The van der Waals surface area contributed by atoms with E-state index in [0.717, 1.165) is 64.8 Å². The third kappa shape index (κ3) is 14.3. The van der Waals surface area contributed by atoms with Crippen molar-refractivity contribution in [2.24, 2.45) is 11.8 Å². The Hall–Kier alpha value is -1.61. The highest BCUT2D eigenvalue weighted by Gasteiger charge is 2.23. The molecule has 3 heteroatoms. The number of allylic oxidation sites excluding steroid dienone is 8. The standard InChI is InChI=1S/C30H52N2O/c1-24(2)11-9-13-27(7)15-16-29(21-28(8)14-10-12-25(3)4)22-30(33)32-19-17-31(18-20-32)23-26(5)6/h11-12,15,21,26,29H,9-10,13-14,16-20,22-23H2,1-8H3/b27-15+,28-21+. The number of carbonyl (C=O) groups is 1. The molecular weight excluding hydrogens is 404 g/mol. The molecule has 1 fully saturated rings. The maximum Gasteiger partial charge on any atom is 0.223 e. The van der Waals surface area contributed by atoms with Crippen LogP contribution in [0.25, 0.3) is 0 Å². The van der Waals surface area contributed by atoms with E-state index in [1.54, 1.807) is 0 Å². The Morgan fingerprint density at radius 1 is 0.788 bits per heavy atom. The minimum absolute atomic E-state index is 0.288. The smallest absolute Gasteiger partial charge is 0.223 e. The van der Waals surface area contributed by atoms with Crippen LogP contribution >= 0.6 is 0 Å². The largest absolute Gasteiger partial charge is 0.340 e. The molecule has 0 bridgehead atoms. The molecule has 0 aromatic rings. The molecule has 0 saturated carbocycles. The van der Waals surface area contributed by atoms with E-state index in [9.17, 15) is 4.79 Å². The fraction of sp³-hybridized carbons (Fsp3) is 0.700. The van der Waals surface area contributed by atoms with Gasteiger partial charge >= 0.3 is 0 Å². The summed E-state index contributed by atoms with van der Waals surface area (Å²) >= 11 is 0. The molecule has 0 spiro atoms. The van der Waals surface area contributed by atoms with Crippen molar-refractivity contribution >= 4 is 5.91 Å². The monoisotopic (exact) mass is 456 g/mol. The first kappa shape index (κ1) is 29.4. The average Bonchev–Trinajstić information content (AvgIpc) is 2.71. The van der Waals surface area contributed by atoms with Gasteiger partial charge in [-0.2, -0.15) is 0 Å². The zero-order valence-electron chi connectivity index (χ0n) is 23.0. The van der Waals surface area contributed by atoms with Crippen LogP contribution in [-0.4, -0.2) is 48.4 Å². The van der Waals surface area contributed by atoms with Gasteiger partial charge in [0.1, 0.15) is 0 Å². The van der Waals surface area contributed by atoms with Gasteiger partial charge in [-0.25, -0.2) is 0 Å². The number of hydrogen-bond acceptors (Lipinski definition) is 2. The van der Waals surface area contributed by atoms with Gasteiger partial charge < -0.3 is 4.90 Å². The maximum absolute atomic E-state index is 13.2. The number of rotatable bonds is 13. The number of nitrogens with zero attached hydrogens (tertiary/aromatic N) is 2. The van der Waals surface area contributed by atoms with Crippen LogP contribution in [0.2, 0.25) is 0 Å². The number of carbonyl (C=O) groups excluding carboxylic acids is 1. The van der Waals surface area contributed by atoms with Gasteiger partial charge in [-0.05, 0) is 85.5 Å². The van der Waals surface area contributed by atoms with Gasteiger partial charge in [0.15, 0.2) is 0 Å². The Morgan fingerprint density at radius 3 is 1.85 bits per heavy atom. The van der Waals surface area contributed by atoms with Crippen LogP contribution in [0.1, 0.15) is 93.9 Å². The van der Waals surface area contributed by atoms with Crippen LogP contribution < -0.4 is 0 Å². The Labute approximate surface area is 205 Å². The maximum atomic E-state index is 13.2. The predicted octanol–water partition coefficient (Wildman–Crippen LogP) is 7.57. The third-order valence-electron chi connectivity index (χ3n) is 6.26. The molecule has 1 saturated heterocycles. The first-order valence-electron chi connectivity index (χ1n) is 13.2. The van der Waals surface area contributed by atoms with E-state index in [0.29, 0.717) is 18.2 Å². The lowest BCUT2D eigenvalue weighted by molar-refractivity contribution is -0.133. The van der Waals surface area contributed by atoms with Crippen LogP contribution in [0, 0.1) is 11.8 Å². The fourth-order valence-corrected chi connectivity index (χ4v) is 4.38. The summed E-state index contributed by atoms with van der Waals surface area (Å²) in [6.45, 7) is 22.5. The van der Waals surface area contributed by atoms with Gasteiger partial charge in [0.25, 0.3) is 0 Å². The van der Waals surface area contributed by atoms with E-state index in [1.165, 1.54) is 22.3 Å². The molecule has 0 aliphatic carbocycles. The molecule has 0 N–H and O–H groups in total. The topological polar surface area (TPSA) is 23.6 Å². The molecule has 1 rings (SSSR count). The van der Waals surface area contributed by atoms with Crippen LogP contribution in [0.5, 0.6) is 0 Å². The van der Waals surface area contributed by atoms with E-state index in [4.69, 9.17) is 0 Å². The number of piperazine rings is 1. The van der Waals surface area contributed by atoms with Gasteiger partial charge in [-0.1, -0.05) is 60.4 Å². The second-order valence-corrected chi connectivity index (χ2v) is 11.0. The lowest BCUT2D eigenvalue weighted by Crippen LogP contribution is -2.49. The molecule has 0 radical (unpaired) electrons. The zero-order chi connectivity index (χ0) is 24.8. The molecule has 1 aliphatic rings. The second kappa shape index (κ2) is 16.1. The molecule has 3 nitrogen and oxygen atoms in total. The summed E-state index contributed by atoms with van der Waals surface area (Å²) in [7, 11) is 0. The number of hydrogen-bond donors (Lipinski definition) is 0. The van der Waals surface area contributed by atoms with Crippen molar-refractivity contribution in [3.05, 3.63) is 46.6 Å². The molecule has 33 heavy (non-hydrogen) atoms. The van der Waals surface area contributed by atoms with Crippen molar-refractivity contribution in [2.45, 2.75) is 93.9 Å². The molecule has 1 amide bonds. The zero-order valence-corrected chi connectivity index (χ0v) is 23.0. The Balaban J connectivity index is 2.75. The molecule has 0 aromatic carbocycles. The second-order valence-electron chi connectivity index (χ2n) is 11.0. The third-order valence-corrected chi connectivity index (χ3v) is 6.26. The molecule has 1 aliphatic heterocycles. The molecular formula is C30H52N2O. The predicted molar refractivity (Wildman–Crippen MR) is 145 cm³/mol. The molecule has 188 valence electrons. The normalized spacial score (nSPS) is 16.7. The molecule has 1 heterocycles. The summed E-state index contributed by atoms with van der Waals surface area (Å²) in [4.78, 5) is 17.8. The summed E-state index contributed by atoms with van der Waals surface area (Å²) in [6, 6.07) is 0. The van der Waals surface area contributed by atoms with Crippen LogP contribution in [0.3, 0.4) is 0 Å². The van der Waals surface area contributed by atoms with Crippen molar-refractivity contribution in [3.63, 3.8) is 0 Å². The van der Waals surface area contributed by atoms with E-state index >= 15 is 0 Å². The Kier molecular flexibility index (Phi) is 14.3. The fourth-order valence-electron chi connectivity index (χ4n) is 4.38. The van der Waals surface area contributed by atoms with Gasteiger partial charge in [-0.15, -0.1) is 0 Å². The van der Waals surface area contributed by atoms with E-state index in [1.807, 2.05) is 0 Å². The lowest BCUT2D eigenvalue weighted by Gasteiger charge is -2.36. The summed E-state index contributed by atoms with van der Waals surface area (Å²) in [6.07, 6.45) is 15.3. The molecule has 0 aromatic heterocycles. The molecule has 1 unspecified atom stereocenters. The SMILES string of the molecule is CC(C)=CCC/C(C)=C/CC(/C=C(\C)CCC=C(C)C)CC(=O)N1CCN(CC(C)C)CC1. The highest BCUT2D eigenvalue weighted by atomic mass is 16.2. The van der Waals surface area contributed by atoms with Gasteiger partial charge in [0.05, 0.1) is 0 Å². The highest BCUT2D eigenvalue weighted by Crippen LogP contribution is 2.21. The van der Waals surface area contributed by atoms with E-state index in [2.05, 4.69) is 89.5 Å². The quantitative estimate of drug-likeness (QED) is 0.267. The van der Waals surface area contributed by atoms with E-state index < -0.39 is 0 Å². The highest BCUT2D eigenvalue weighted by molar-refractivity contribution is 5.76. The summed E-state index contributed by atoms with van der Waals surface area (Å²) in [5.41, 5.74) is 5.60. The minimum Gasteiger partial charge on any atom is -0.340 e. The average molecular weight is 457 g/mol. The van der Waals surface area contributed by atoms with E-state index in [-0.39, 0.29) is 5.92 Å². The van der Waals surface area contributed by atoms with Crippen molar-refractivity contribution in [1.29, 1.82) is 0 Å². The van der Waals surface area contributed by atoms with Crippen LogP contribution in [0.15, 0.2) is 46.6 Å². The summed E-state index contributed by atoms with van der Waals surface area (Å²) < 4.78 is 0. The minimum atomic E-state index is 0.288. The van der Waals surface area contributed by atoms with Gasteiger partial charge in [0.2, 0.25) is 5.91 Å². The van der Waals surface area contributed by atoms with Crippen LogP contribution in [-0.2, 0) is 4.79 Å². The Morgan fingerprint density at radius 2 is 1.33 bits per heavy atom. The summed E-state index contributed by atoms with van der Waals surface area (Å²) in [5.74, 6) is 1.30. The van der Waals surface area contributed by atoms with Crippen molar-refractivity contribution in [2.75, 3.05) is 32.7 Å². The first-order chi connectivity index (χ1) is 15.6. The van der Waals surface area contributed by atoms with Crippen molar-refractivity contribution in [3.8, 4) is 0 Å². The Bertz CT molecular complexity index is 695. The number of amides is 1. The first-order valence-corrected chi connectivity index (χ1v) is 13.2. The van der Waals surface area contributed by atoms with Crippen LogP contribution in [0.4, 0.5) is 0 Å². The van der Waals surface area contributed by atoms with Crippen molar-refractivity contribution in [1.82, 2.24) is 9.80 Å². The molecule has 1 atom stereocenters. The van der Waals surface area contributed by atoms with Gasteiger partial charge in [-0.3, -0.25) is 9.69 Å². The van der Waals surface area contributed by atoms with Crippen molar-refractivity contribution < 1.29 is 4.79 Å².